The van der Waals surface area contributed by atoms with Crippen LogP contribution in [0.3, 0.4) is 0 Å². The van der Waals surface area contributed by atoms with Crippen molar-refractivity contribution >= 4 is 0 Å². The summed E-state index contributed by atoms with van der Waals surface area (Å²) in [4.78, 5) is 0. The van der Waals surface area contributed by atoms with Crippen molar-refractivity contribution in [1.29, 1.82) is 0 Å². The average molecular weight is 223 g/mol. The van der Waals surface area contributed by atoms with Gasteiger partial charge in [-0.15, -0.1) is 0 Å². The molecule has 0 saturated heterocycles. The van der Waals surface area contributed by atoms with Crippen molar-refractivity contribution in [2.24, 2.45) is 5.73 Å². The van der Waals surface area contributed by atoms with Crippen LogP contribution in [0.15, 0.2) is 24.3 Å². The van der Waals surface area contributed by atoms with Gasteiger partial charge in [-0.05, 0) is 45.9 Å². The molecule has 0 heterocycles. The Morgan fingerprint density at radius 1 is 1.25 bits per heavy atom. The summed E-state index contributed by atoms with van der Waals surface area (Å²) in [5.41, 5.74) is 5.30. The third kappa shape index (κ3) is 4.11. The Hall–Kier alpha value is -1.22. The Kier molecular flexibility index (Phi) is 4.62. The van der Waals surface area contributed by atoms with Crippen LogP contribution in [-0.4, -0.2) is 18.8 Å². The molecule has 0 bridgehead atoms. The molecule has 0 radical (unpaired) electrons. The molecule has 0 aromatic heterocycles. The maximum absolute atomic E-state index is 5.87. The van der Waals surface area contributed by atoms with E-state index in [9.17, 15) is 0 Å². The van der Waals surface area contributed by atoms with Crippen LogP contribution >= 0.6 is 0 Å². The normalized spacial score (nSPS) is 11.2. The number of nitrogens with two attached hydrogens (primary N) is 1. The molecule has 0 saturated carbocycles. The van der Waals surface area contributed by atoms with Gasteiger partial charge in [0.1, 0.15) is 17.1 Å². The Balaban J connectivity index is 2.69. The molecule has 1 aromatic carbocycles. The molecule has 0 aliphatic carbocycles. The minimum absolute atomic E-state index is 0.237. The Labute approximate surface area is 97.6 Å². The molecule has 0 fully saturated rings. The van der Waals surface area contributed by atoms with Crippen molar-refractivity contribution in [1.82, 2.24) is 0 Å². The molecule has 2 N–H and O–H groups in total. The van der Waals surface area contributed by atoms with Crippen LogP contribution < -0.4 is 15.2 Å². The van der Waals surface area contributed by atoms with E-state index in [1.165, 1.54) is 0 Å². The lowest BCUT2D eigenvalue weighted by Gasteiger charge is -2.26. The fraction of sp³-hybridized carbons (Fsp3) is 0.538. The fourth-order valence-corrected chi connectivity index (χ4v) is 1.51. The summed E-state index contributed by atoms with van der Waals surface area (Å²) in [7, 11) is 0. The highest BCUT2D eigenvalue weighted by atomic mass is 16.5. The molecule has 0 aliphatic rings. The summed E-state index contributed by atoms with van der Waals surface area (Å²) in [5.74, 6) is 1.66. The van der Waals surface area contributed by atoms with Gasteiger partial charge >= 0.3 is 0 Å². The molecule has 0 unspecified atom stereocenters. The highest BCUT2D eigenvalue weighted by molar-refractivity contribution is 5.33. The zero-order valence-corrected chi connectivity index (χ0v) is 10.3. The van der Waals surface area contributed by atoms with E-state index in [0.717, 1.165) is 17.9 Å². The van der Waals surface area contributed by atoms with Crippen molar-refractivity contribution in [3.63, 3.8) is 0 Å². The van der Waals surface area contributed by atoms with Crippen molar-refractivity contribution in [2.45, 2.75) is 32.8 Å². The first kappa shape index (κ1) is 12.8. The van der Waals surface area contributed by atoms with Gasteiger partial charge in [-0.1, -0.05) is 6.07 Å². The SMILES string of the molecule is CCOc1cccc(OC(C)(C)CCN)c1. The zero-order chi connectivity index (χ0) is 12.0. The molecule has 3 nitrogen and oxygen atoms in total. The van der Waals surface area contributed by atoms with Gasteiger partial charge < -0.3 is 15.2 Å². The van der Waals surface area contributed by atoms with Crippen molar-refractivity contribution in [2.75, 3.05) is 13.2 Å². The van der Waals surface area contributed by atoms with Gasteiger partial charge in [-0.2, -0.15) is 0 Å². The topological polar surface area (TPSA) is 44.5 Å². The molecular formula is C13H21NO2. The molecule has 0 atom stereocenters. The van der Waals surface area contributed by atoms with E-state index in [-0.39, 0.29) is 5.60 Å². The van der Waals surface area contributed by atoms with Crippen molar-refractivity contribution in [3.05, 3.63) is 24.3 Å². The molecule has 1 aromatic rings. The maximum Gasteiger partial charge on any atom is 0.123 e. The van der Waals surface area contributed by atoms with Crippen LogP contribution in [0.4, 0.5) is 0 Å². The minimum atomic E-state index is -0.237. The molecule has 0 amide bonds. The second-order valence-electron chi connectivity index (χ2n) is 4.31. The van der Waals surface area contributed by atoms with Gasteiger partial charge in [0.25, 0.3) is 0 Å². The van der Waals surface area contributed by atoms with E-state index in [2.05, 4.69) is 0 Å². The van der Waals surface area contributed by atoms with Crippen LogP contribution in [-0.2, 0) is 0 Å². The van der Waals surface area contributed by atoms with Gasteiger partial charge in [0, 0.05) is 6.07 Å². The number of ether oxygens (including phenoxy) is 2. The standard InChI is InChI=1S/C13H21NO2/c1-4-15-11-6-5-7-12(10-11)16-13(2,3)8-9-14/h5-7,10H,4,8-9,14H2,1-3H3. The highest BCUT2D eigenvalue weighted by Crippen LogP contribution is 2.24. The second-order valence-corrected chi connectivity index (χ2v) is 4.31. The largest absolute Gasteiger partial charge is 0.494 e. The number of rotatable bonds is 6. The summed E-state index contributed by atoms with van der Waals surface area (Å²) in [6.07, 6.45) is 0.825. The second kappa shape index (κ2) is 5.75. The molecule has 3 heteroatoms. The summed E-state index contributed by atoms with van der Waals surface area (Å²) in [6, 6.07) is 7.69. The van der Waals surface area contributed by atoms with Gasteiger partial charge in [0.15, 0.2) is 0 Å². The molecule has 16 heavy (non-hydrogen) atoms. The van der Waals surface area contributed by atoms with E-state index < -0.39 is 0 Å². The summed E-state index contributed by atoms with van der Waals surface area (Å²) >= 11 is 0. The van der Waals surface area contributed by atoms with Crippen LogP contribution in [0.1, 0.15) is 27.2 Å². The van der Waals surface area contributed by atoms with E-state index in [0.29, 0.717) is 13.2 Å². The fourth-order valence-electron chi connectivity index (χ4n) is 1.51. The Morgan fingerprint density at radius 2 is 1.94 bits per heavy atom. The number of hydrogen-bond acceptors (Lipinski definition) is 3. The molecule has 1 rings (SSSR count). The van der Waals surface area contributed by atoms with E-state index >= 15 is 0 Å². The molecule has 0 spiro atoms. The Morgan fingerprint density at radius 3 is 2.56 bits per heavy atom. The van der Waals surface area contributed by atoms with Crippen LogP contribution in [0.25, 0.3) is 0 Å². The average Bonchev–Trinajstić information content (AvgIpc) is 2.17. The van der Waals surface area contributed by atoms with E-state index in [1.54, 1.807) is 0 Å². The van der Waals surface area contributed by atoms with Crippen LogP contribution in [0, 0.1) is 0 Å². The lowest BCUT2D eigenvalue weighted by atomic mass is 10.1. The monoisotopic (exact) mass is 223 g/mol. The summed E-state index contributed by atoms with van der Waals surface area (Å²) in [6.45, 7) is 7.32. The van der Waals surface area contributed by atoms with Gasteiger partial charge in [0.05, 0.1) is 6.61 Å². The number of hydrogen-bond donors (Lipinski definition) is 1. The molecular weight excluding hydrogens is 202 g/mol. The first-order valence-corrected chi connectivity index (χ1v) is 5.69. The first-order chi connectivity index (χ1) is 7.57. The van der Waals surface area contributed by atoms with Crippen LogP contribution in [0.5, 0.6) is 11.5 Å². The quantitative estimate of drug-likeness (QED) is 0.806. The van der Waals surface area contributed by atoms with E-state index in [4.69, 9.17) is 15.2 Å². The predicted molar refractivity (Wildman–Crippen MR) is 66.0 cm³/mol. The van der Waals surface area contributed by atoms with E-state index in [1.807, 2.05) is 45.0 Å². The van der Waals surface area contributed by atoms with Gasteiger partial charge in [-0.25, -0.2) is 0 Å². The lowest BCUT2D eigenvalue weighted by molar-refractivity contribution is 0.102. The minimum Gasteiger partial charge on any atom is -0.494 e. The maximum atomic E-state index is 5.87. The Bertz CT molecular complexity index is 323. The third-order valence-corrected chi connectivity index (χ3v) is 2.26. The lowest BCUT2D eigenvalue weighted by Crippen LogP contribution is -2.31. The van der Waals surface area contributed by atoms with Crippen molar-refractivity contribution in [3.8, 4) is 11.5 Å². The van der Waals surface area contributed by atoms with Gasteiger partial charge in [0.2, 0.25) is 0 Å². The predicted octanol–water partition coefficient (Wildman–Crippen LogP) is 2.59. The summed E-state index contributed by atoms with van der Waals surface area (Å²) < 4.78 is 11.3. The number of benzene rings is 1. The first-order valence-electron chi connectivity index (χ1n) is 5.69. The highest BCUT2D eigenvalue weighted by Gasteiger charge is 2.18. The molecule has 0 aliphatic heterocycles. The zero-order valence-electron chi connectivity index (χ0n) is 10.3. The molecule has 90 valence electrons. The van der Waals surface area contributed by atoms with Crippen LogP contribution in [0.2, 0.25) is 0 Å². The van der Waals surface area contributed by atoms with Crippen molar-refractivity contribution < 1.29 is 9.47 Å². The third-order valence-electron chi connectivity index (χ3n) is 2.26. The van der Waals surface area contributed by atoms with Gasteiger partial charge in [-0.3, -0.25) is 0 Å². The smallest absolute Gasteiger partial charge is 0.123 e. The summed E-state index contributed by atoms with van der Waals surface area (Å²) in [5, 5.41) is 0.